The molecule has 1 atom stereocenters. The van der Waals surface area contributed by atoms with Crippen LogP contribution in [-0.2, 0) is 4.74 Å². The lowest BCUT2D eigenvalue weighted by Gasteiger charge is -2.37. The summed E-state index contributed by atoms with van der Waals surface area (Å²) < 4.78 is 11.1. The predicted octanol–water partition coefficient (Wildman–Crippen LogP) is 5.36. The minimum Gasteiger partial charge on any atom is -0.385 e. The van der Waals surface area contributed by atoms with E-state index in [1.54, 1.807) is 7.11 Å². The molecular weight excluding hydrogens is 432 g/mol. The molecule has 1 aromatic heterocycles. The molecule has 2 heterocycles. The summed E-state index contributed by atoms with van der Waals surface area (Å²) in [6, 6.07) is 14.4. The van der Waals surface area contributed by atoms with E-state index in [0.29, 0.717) is 23.4 Å². The Kier molecular flexibility index (Phi) is 6.91. The molecule has 33 heavy (non-hydrogen) atoms. The van der Waals surface area contributed by atoms with Gasteiger partial charge in [-0.05, 0) is 69.1 Å². The molecule has 0 radical (unpaired) electrons. The van der Waals surface area contributed by atoms with Crippen LogP contribution in [0.5, 0.6) is 0 Å². The minimum atomic E-state index is -0.179. The number of thiocarbonyl (C=S) groups is 1. The molecule has 0 aliphatic carbocycles. The van der Waals surface area contributed by atoms with Crippen molar-refractivity contribution in [2.24, 2.45) is 0 Å². The first kappa shape index (κ1) is 23.1. The molecule has 6 nitrogen and oxygen atoms in total. The van der Waals surface area contributed by atoms with Gasteiger partial charge in [0, 0.05) is 31.5 Å². The SMILES string of the molecule is COCCCN1C(=S)NC(c2ccc(C)c(C)c2)C(c2nc(-c3cccc(C)c3)no2)=C1C. The molecule has 1 N–H and O–H groups in total. The molecule has 1 aliphatic rings. The first-order valence-electron chi connectivity index (χ1n) is 11.1. The zero-order chi connectivity index (χ0) is 23.5. The first-order valence-corrected chi connectivity index (χ1v) is 11.6. The van der Waals surface area contributed by atoms with E-state index in [2.05, 4.69) is 73.4 Å². The Morgan fingerprint density at radius 3 is 2.64 bits per heavy atom. The standard InChI is InChI=1S/C26H30N4O2S/c1-16-8-6-9-21(14-16)24-28-25(32-29-24)22-19(4)30(12-7-13-31-5)26(33)27-23(22)20-11-10-17(2)18(3)15-20/h6,8-11,14-15,23H,7,12-13H2,1-5H3,(H,27,33). The maximum Gasteiger partial charge on any atom is 0.258 e. The lowest BCUT2D eigenvalue weighted by atomic mass is 9.92. The highest BCUT2D eigenvalue weighted by Gasteiger charge is 2.34. The molecular formula is C26H30N4O2S. The van der Waals surface area contributed by atoms with Crippen molar-refractivity contribution in [2.45, 2.75) is 40.2 Å². The molecule has 0 spiro atoms. The summed E-state index contributed by atoms with van der Waals surface area (Å²) in [5, 5.41) is 8.51. The highest BCUT2D eigenvalue weighted by atomic mass is 32.1. The zero-order valence-corrected chi connectivity index (χ0v) is 20.6. The van der Waals surface area contributed by atoms with E-state index >= 15 is 0 Å². The predicted molar refractivity (Wildman–Crippen MR) is 135 cm³/mol. The highest BCUT2D eigenvalue weighted by Crippen LogP contribution is 2.38. The molecule has 4 rings (SSSR count). The Balaban J connectivity index is 1.79. The Morgan fingerprint density at radius 1 is 1.09 bits per heavy atom. The van der Waals surface area contributed by atoms with Crippen LogP contribution in [0.2, 0.25) is 0 Å². The number of hydrogen-bond donors (Lipinski definition) is 1. The van der Waals surface area contributed by atoms with Crippen LogP contribution in [0.1, 0.15) is 47.5 Å². The topological polar surface area (TPSA) is 63.4 Å². The lowest BCUT2D eigenvalue weighted by Crippen LogP contribution is -2.46. The maximum absolute atomic E-state index is 5.83. The zero-order valence-electron chi connectivity index (χ0n) is 19.8. The summed E-state index contributed by atoms with van der Waals surface area (Å²) in [7, 11) is 1.71. The van der Waals surface area contributed by atoms with Gasteiger partial charge in [0.1, 0.15) is 0 Å². The number of nitrogens with zero attached hydrogens (tertiary/aromatic N) is 3. The maximum atomic E-state index is 5.83. The van der Waals surface area contributed by atoms with Gasteiger partial charge in [-0.15, -0.1) is 0 Å². The number of benzene rings is 2. The van der Waals surface area contributed by atoms with Gasteiger partial charge in [-0.3, -0.25) is 0 Å². The first-order chi connectivity index (χ1) is 15.9. The van der Waals surface area contributed by atoms with Gasteiger partial charge in [0.15, 0.2) is 5.11 Å². The Labute approximate surface area is 200 Å². The molecule has 0 fully saturated rings. The van der Waals surface area contributed by atoms with Gasteiger partial charge in [-0.25, -0.2) is 0 Å². The number of nitrogens with one attached hydrogen (secondary N) is 1. The average molecular weight is 463 g/mol. The van der Waals surface area contributed by atoms with Gasteiger partial charge in [0.2, 0.25) is 5.82 Å². The van der Waals surface area contributed by atoms with Crippen LogP contribution in [0, 0.1) is 20.8 Å². The fourth-order valence-corrected chi connectivity index (χ4v) is 4.47. The van der Waals surface area contributed by atoms with E-state index < -0.39 is 0 Å². The van der Waals surface area contributed by atoms with Crippen LogP contribution >= 0.6 is 12.2 Å². The molecule has 0 saturated heterocycles. The summed E-state index contributed by atoms with van der Waals surface area (Å²) in [5.41, 5.74) is 7.62. The number of aryl methyl sites for hydroxylation is 3. The van der Waals surface area contributed by atoms with Crippen molar-refractivity contribution in [1.82, 2.24) is 20.4 Å². The van der Waals surface area contributed by atoms with Gasteiger partial charge in [-0.2, -0.15) is 4.98 Å². The Morgan fingerprint density at radius 2 is 1.91 bits per heavy atom. The van der Waals surface area contributed by atoms with Gasteiger partial charge < -0.3 is 19.5 Å². The largest absolute Gasteiger partial charge is 0.385 e. The lowest BCUT2D eigenvalue weighted by molar-refractivity contribution is 0.188. The van der Waals surface area contributed by atoms with Crippen molar-refractivity contribution >= 4 is 22.9 Å². The number of aromatic nitrogens is 2. The Hall–Kier alpha value is -3.03. The third-order valence-corrected chi connectivity index (χ3v) is 6.46. The summed E-state index contributed by atoms with van der Waals surface area (Å²) in [6.45, 7) is 9.77. The Bertz CT molecular complexity index is 1200. The third-order valence-electron chi connectivity index (χ3n) is 6.12. The molecule has 7 heteroatoms. The molecule has 3 aromatic rings. The van der Waals surface area contributed by atoms with E-state index in [1.807, 2.05) is 12.1 Å². The molecule has 0 bridgehead atoms. The monoisotopic (exact) mass is 462 g/mol. The van der Waals surface area contributed by atoms with Crippen molar-refractivity contribution in [3.63, 3.8) is 0 Å². The van der Waals surface area contributed by atoms with Gasteiger partial charge in [0.05, 0.1) is 11.6 Å². The molecule has 0 saturated carbocycles. The molecule has 172 valence electrons. The third kappa shape index (κ3) is 4.84. The number of rotatable bonds is 7. The van der Waals surface area contributed by atoms with E-state index in [1.165, 1.54) is 11.1 Å². The van der Waals surface area contributed by atoms with Crippen molar-refractivity contribution in [1.29, 1.82) is 0 Å². The van der Waals surface area contributed by atoms with Crippen LogP contribution in [0.25, 0.3) is 17.0 Å². The summed E-state index contributed by atoms with van der Waals surface area (Å²) in [4.78, 5) is 6.89. The van der Waals surface area contributed by atoms with Crippen molar-refractivity contribution in [3.8, 4) is 11.4 Å². The van der Waals surface area contributed by atoms with Crippen LogP contribution in [-0.4, -0.2) is 40.4 Å². The second-order valence-corrected chi connectivity index (χ2v) is 8.90. The second-order valence-electron chi connectivity index (χ2n) is 8.52. The van der Waals surface area contributed by atoms with Crippen molar-refractivity contribution in [2.75, 3.05) is 20.3 Å². The van der Waals surface area contributed by atoms with Gasteiger partial charge in [0.25, 0.3) is 5.89 Å². The van der Waals surface area contributed by atoms with Gasteiger partial charge in [-0.1, -0.05) is 47.1 Å². The average Bonchev–Trinajstić information content (AvgIpc) is 3.27. The number of methoxy groups -OCH3 is 1. The fraction of sp³-hybridized carbons (Fsp3) is 0.346. The highest BCUT2D eigenvalue weighted by molar-refractivity contribution is 7.80. The quantitative estimate of drug-likeness (QED) is 0.374. The molecule has 2 aromatic carbocycles. The fourth-order valence-electron chi connectivity index (χ4n) is 4.12. The van der Waals surface area contributed by atoms with Crippen molar-refractivity contribution in [3.05, 3.63) is 76.3 Å². The van der Waals surface area contributed by atoms with E-state index in [-0.39, 0.29) is 6.04 Å². The molecule has 1 unspecified atom stereocenters. The van der Waals surface area contributed by atoms with Crippen LogP contribution in [0.15, 0.2) is 52.7 Å². The van der Waals surface area contributed by atoms with E-state index in [0.717, 1.165) is 40.9 Å². The summed E-state index contributed by atoms with van der Waals surface area (Å²) >= 11 is 5.76. The van der Waals surface area contributed by atoms with E-state index in [9.17, 15) is 0 Å². The minimum absolute atomic E-state index is 0.179. The summed E-state index contributed by atoms with van der Waals surface area (Å²) in [5.74, 6) is 1.07. The number of hydrogen-bond acceptors (Lipinski definition) is 5. The number of allylic oxidation sites excluding steroid dienone is 1. The molecule has 1 aliphatic heterocycles. The van der Waals surface area contributed by atoms with Crippen molar-refractivity contribution < 1.29 is 9.26 Å². The van der Waals surface area contributed by atoms with Crippen LogP contribution in [0.3, 0.4) is 0 Å². The second kappa shape index (κ2) is 9.85. The van der Waals surface area contributed by atoms with Gasteiger partial charge >= 0.3 is 0 Å². The normalized spacial score (nSPS) is 16.3. The number of ether oxygens (including phenoxy) is 1. The molecule has 0 amide bonds. The van der Waals surface area contributed by atoms with E-state index in [4.69, 9.17) is 26.5 Å². The van der Waals surface area contributed by atoms with Crippen LogP contribution < -0.4 is 5.32 Å². The van der Waals surface area contributed by atoms with Crippen LogP contribution in [0.4, 0.5) is 0 Å². The summed E-state index contributed by atoms with van der Waals surface area (Å²) in [6.07, 6.45) is 0.857. The smallest absolute Gasteiger partial charge is 0.258 e.